The van der Waals surface area contributed by atoms with Crippen molar-refractivity contribution in [3.63, 3.8) is 0 Å². The van der Waals surface area contributed by atoms with Gasteiger partial charge in [0.15, 0.2) is 0 Å². The van der Waals surface area contributed by atoms with E-state index in [4.69, 9.17) is 4.74 Å². The Morgan fingerprint density at radius 2 is 2.00 bits per heavy atom. The lowest BCUT2D eigenvalue weighted by atomic mass is 10.0. The van der Waals surface area contributed by atoms with Crippen molar-refractivity contribution in [3.05, 3.63) is 0 Å². The Balaban J connectivity index is 1.61. The first-order valence-corrected chi connectivity index (χ1v) is 6.82. The van der Waals surface area contributed by atoms with E-state index in [9.17, 15) is 0 Å². The topological polar surface area (TPSA) is 24.5 Å². The Kier molecular flexibility index (Phi) is 4.62. The molecule has 3 nitrogen and oxygen atoms in total. The summed E-state index contributed by atoms with van der Waals surface area (Å²) in [6.45, 7) is 10.3. The summed E-state index contributed by atoms with van der Waals surface area (Å²) in [5.74, 6) is 0.941. The molecule has 0 bridgehead atoms. The second-order valence-corrected chi connectivity index (χ2v) is 5.52. The lowest BCUT2D eigenvalue weighted by Gasteiger charge is -2.35. The Hall–Kier alpha value is -0.120. The average molecular weight is 226 g/mol. The molecule has 94 valence electrons. The van der Waals surface area contributed by atoms with Gasteiger partial charge < -0.3 is 10.1 Å². The average Bonchev–Trinajstić information content (AvgIpc) is 2.69. The molecule has 16 heavy (non-hydrogen) atoms. The third kappa shape index (κ3) is 3.72. The maximum atomic E-state index is 5.74. The highest BCUT2D eigenvalue weighted by Crippen LogP contribution is 2.16. The molecule has 0 spiro atoms. The van der Waals surface area contributed by atoms with Gasteiger partial charge in [0.1, 0.15) is 0 Å². The molecule has 2 saturated heterocycles. The van der Waals surface area contributed by atoms with Gasteiger partial charge in [-0.1, -0.05) is 0 Å². The maximum Gasteiger partial charge on any atom is 0.0678 e. The van der Waals surface area contributed by atoms with Crippen LogP contribution in [0.3, 0.4) is 0 Å². The predicted molar refractivity (Wildman–Crippen MR) is 66.7 cm³/mol. The quantitative estimate of drug-likeness (QED) is 0.786. The van der Waals surface area contributed by atoms with Gasteiger partial charge in [0.25, 0.3) is 0 Å². The Morgan fingerprint density at radius 3 is 2.62 bits per heavy atom. The number of hydrogen-bond donors (Lipinski definition) is 1. The zero-order valence-corrected chi connectivity index (χ0v) is 10.7. The van der Waals surface area contributed by atoms with E-state index in [2.05, 4.69) is 24.1 Å². The van der Waals surface area contributed by atoms with Gasteiger partial charge in [0.05, 0.1) is 12.2 Å². The molecule has 2 aliphatic rings. The van der Waals surface area contributed by atoms with Crippen LogP contribution in [0.25, 0.3) is 0 Å². The Bertz CT molecular complexity index is 194. The fourth-order valence-electron chi connectivity index (χ4n) is 3.03. The summed E-state index contributed by atoms with van der Waals surface area (Å²) in [5, 5.41) is 3.44. The van der Waals surface area contributed by atoms with E-state index in [1.165, 1.54) is 38.9 Å². The SMILES string of the molecule is C[C@@H]1CN(CCCC2CCNC2)C[C@H](C)O1. The molecule has 3 heteroatoms. The van der Waals surface area contributed by atoms with E-state index in [-0.39, 0.29) is 0 Å². The lowest BCUT2D eigenvalue weighted by Crippen LogP contribution is -2.45. The molecule has 0 amide bonds. The normalized spacial score (nSPS) is 36.8. The zero-order valence-electron chi connectivity index (χ0n) is 10.7. The second-order valence-electron chi connectivity index (χ2n) is 5.52. The van der Waals surface area contributed by atoms with Crippen molar-refractivity contribution in [2.45, 2.75) is 45.3 Å². The monoisotopic (exact) mass is 226 g/mol. The van der Waals surface area contributed by atoms with Crippen molar-refractivity contribution in [1.29, 1.82) is 0 Å². The van der Waals surface area contributed by atoms with Gasteiger partial charge in [-0.15, -0.1) is 0 Å². The molecule has 0 aromatic rings. The predicted octanol–water partition coefficient (Wildman–Crippen LogP) is 1.49. The molecule has 1 N–H and O–H groups in total. The molecule has 0 saturated carbocycles. The van der Waals surface area contributed by atoms with Crippen LogP contribution in [0, 0.1) is 5.92 Å². The van der Waals surface area contributed by atoms with Gasteiger partial charge in [-0.25, -0.2) is 0 Å². The molecule has 2 heterocycles. The van der Waals surface area contributed by atoms with Gasteiger partial charge in [0.2, 0.25) is 0 Å². The summed E-state index contributed by atoms with van der Waals surface area (Å²) < 4.78 is 5.74. The van der Waals surface area contributed by atoms with Crippen LogP contribution >= 0.6 is 0 Å². The Morgan fingerprint density at radius 1 is 1.25 bits per heavy atom. The van der Waals surface area contributed by atoms with E-state index >= 15 is 0 Å². The minimum atomic E-state index is 0.414. The number of hydrogen-bond acceptors (Lipinski definition) is 3. The molecule has 0 aromatic heterocycles. The molecule has 0 aliphatic carbocycles. The first-order chi connectivity index (χ1) is 7.74. The van der Waals surface area contributed by atoms with E-state index in [0.29, 0.717) is 12.2 Å². The molecule has 1 unspecified atom stereocenters. The van der Waals surface area contributed by atoms with Gasteiger partial charge in [-0.2, -0.15) is 0 Å². The third-order valence-corrected chi connectivity index (χ3v) is 3.74. The van der Waals surface area contributed by atoms with E-state index < -0.39 is 0 Å². The number of nitrogens with one attached hydrogen (secondary N) is 1. The van der Waals surface area contributed by atoms with E-state index in [1.807, 2.05) is 0 Å². The fourth-order valence-corrected chi connectivity index (χ4v) is 3.03. The summed E-state index contributed by atoms with van der Waals surface area (Å²) in [7, 11) is 0. The van der Waals surface area contributed by atoms with Crippen LogP contribution in [0.15, 0.2) is 0 Å². The highest BCUT2D eigenvalue weighted by atomic mass is 16.5. The maximum absolute atomic E-state index is 5.74. The first kappa shape index (κ1) is 12.3. The summed E-state index contributed by atoms with van der Waals surface area (Å²) in [4.78, 5) is 2.57. The molecule has 2 fully saturated rings. The first-order valence-electron chi connectivity index (χ1n) is 6.82. The number of rotatable bonds is 4. The van der Waals surface area contributed by atoms with Crippen molar-refractivity contribution >= 4 is 0 Å². The third-order valence-electron chi connectivity index (χ3n) is 3.74. The van der Waals surface area contributed by atoms with Crippen LogP contribution in [0.5, 0.6) is 0 Å². The number of morpholine rings is 1. The van der Waals surface area contributed by atoms with Gasteiger partial charge in [-0.3, -0.25) is 4.90 Å². The van der Waals surface area contributed by atoms with Gasteiger partial charge in [-0.05, 0) is 58.7 Å². The summed E-state index contributed by atoms with van der Waals surface area (Å²) in [5.41, 5.74) is 0. The van der Waals surface area contributed by atoms with Gasteiger partial charge >= 0.3 is 0 Å². The van der Waals surface area contributed by atoms with E-state index in [0.717, 1.165) is 19.0 Å². The fraction of sp³-hybridized carbons (Fsp3) is 1.00. The van der Waals surface area contributed by atoms with Crippen LogP contribution in [-0.2, 0) is 4.74 Å². The molecule has 0 radical (unpaired) electrons. The second kappa shape index (κ2) is 5.99. The summed E-state index contributed by atoms with van der Waals surface area (Å²) in [6.07, 6.45) is 4.96. The molecule has 3 atom stereocenters. The van der Waals surface area contributed by atoms with Crippen molar-refractivity contribution in [2.24, 2.45) is 5.92 Å². The van der Waals surface area contributed by atoms with Crippen LogP contribution in [0.4, 0.5) is 0 Å². The number of ether oxygens (including phenoxy) is 1. The van der Waals surface area contributed by atoms with Crippen molar-refractivity contribution in [3.8, 4) is 0 Å². The lowest BCUT2D eigenvalue weighted by molar-refractivity contribution is -0.0683. The molecule has 2 rings (SSSR count). The molecular formula is C13H26N2O. The highest BCUT2D eigenvalue weighted by molar-refractivity contribution is 4.75. The molecule has 2 aliphatic heterocycles. The minimum Gasteiger partial charge on any atom is -0.373 e. The van der Waals surface area contributed by atoms with Crippen molar-refractivity contribution in [2.75, 3.05) is 32.7 Å². The van der Waals surface area contributed by atoms with Gasteiger partial charge in [0, 0.05) is 13.1 Å². The van der Waals surface area contributed by atoms with E-state index in [1.54, 1.807) is 0 Å². The smallest absolute Gasteiger partial charge is 0.0678 e. The number of nitrogens with zero attached hydrogens (tertiary/aromatic N) is 1. The van der Waals surface area contributed by atoms with Crippen LogP contribution in [0.1, 0.15) is 33.1 Å². The minimum absolute atomic E-state index is 0.414. The standard InChI is InChI=1S/C13H26N2O/c1-11-9-15(10-12(2)16-11)7-3-4-13-5-6-14-8-13/h11-14H,3-10H2,1-2H3/t11-,12+,13?. The Labute approximate surface area is 99.5 Å². The van der Waals surface area contributed by atoms with Crippen LogP contribution in [0.2, 0.25) is 0 Å². The zero-order chi connectivity index (χ0) is 11.4. The largest absolute Gasteiger partial charge is 0.373 e. The molecular weight excluding hydrogens is 200 g/mol. The van der Waals surface area contributed by atoms with Crippen molar-refractivity contribution < 1.29 is 4.74 Å². The summed E-state index contributed by atoms with van der Waals surface area (Å²) >= 11 is 0. The summed E-state index contributed by atoms with van der Waals surface area (Å²) in [6, 6.07) is 0. The molecule has 0 aromatic carbocycles. The van der Waals surface area contributed by atoms with Crippen LogP contribution < -0.4 is 5.32 Å². The van der Waals surface area contributed by atoms with Crippen molar-refractivity contribution in [1.82, 2.24) is 10.2 Å². The van der Waals surface area contributed by atoms with Crippen LogP contribution in [-0.4, -0.2) is 49.8 Å². The highest BCUT2D eigenvalue weighted by Gasteiger charge is 2.22.